The zero-order chi connectivity index (χ0) is 15.1. The minimum absolute atomic E-state index is 0.184. The molecule has 0 radical (unpaired) electrons. The van der Waals surface area contributed by atoms with Crippen molar-refractivity contribution in [2.45, 2.75) is 38.5 Å². The molecule has 0 spiro atoms. The lowest BCUT2D eigenvalue weighted by Gasteiger charge is -2.34. The van der Waals surface area contributed by atoms with Crippen LogP contribution in [0.3, 0.4) is 0 Å². The van der Waals surface area contributed by atoms with E-state index in [-0.39, 0.29) is 5.41 Å². The van der Waals surface area contributed by atoms with Crippen molar-refractivity contribution in [2.75, 3.05) is 13.1 Å². The highest BCUT2D eigenvalue weighted by atomic mass is 15.0. The number of hydrogen-bond donors (Lipinski definition) is 1. The number of hydrogen-bond acceptors (Lipinski definition) is 2. The van der Waals surface area contributed by atoms with Gasteiger partial charge in [-0.2, -0.15) is 0 Å². The second-order valence-electron chi connectivity index (χ2n) is 5.73. The highest BCUT2D eigenvalue weighted by Crippen LogP contribution is 2.32. The van der Waals surface area contributed by atoms with E-state index in [0.717, 1.165) is 32.4 Å². The third kappa shape index (κ3) is 3.73. The van der Waals surface area contributed by atoms with Gasteiger partial charge in [-0.05, 0) is 24.9 Å². The SMILES string of the molecule is CCNCC(CC)(CCc1nccn1C)c1ccccc1. The summed E-state index contributed by atoms with van der Waals surface area (Å²) in [5.74, 6) is 1.17. The summed E-state index contributed by atoms with van der Waals surface area (Å²) in [4.78, 5) is 4.47. The Morgan fingerprint density at radius 1 is 1.19 bits per heavy atom. The molecule has 0 bridgehead atoms. The summed E-state index contributed by atoms with van der Waals surface area (Å²) in [7, 11) is 2.07. The molecule has 0 aliphatic rings. The van der Waals surface area contributed by atoms with Gasteiger partial charge in [-0.15, -0.1) is 0 Å². The fourth-order valence-corrected chi connectivity index (χ4v) is 2.99. The molecular weight excluding hydrogens is 258 g/mol. The lowest BCUT2D eigenvalue weighted by Crippen LogP contribution is -2.38. The predicted octanol–water partition coefficient (Wildman–Crippen LogP) is 3.31. The van der Waals surface area contributed by atoms with E-state index in [2.05, 4.69) is 66.1 Å². The second-order valence-corrected chi connectivity index (χ2v) is 5.73. The van der Waals surface area contributed by atoms with Gasteiger partial charge in [0.25, 0.3) is 0 Å². The number of nitrogens with zero attached hydrogens (tertiary/aromatic N) is 2. The van der Waals surface area contributed by atoms with Crippen molar-refractivity contribution >= 4 is 0 Å². The van der Waals surface area contributed by atoms with Crippen molar-refractivity contribution in [3.05, 3.63) is 54.1 Å². The Hall–Kier alpha value is -1.61. The molecule has 21 heavy (non-hydrogen) atoms. The maximum absolute atomic E-state index is 4.47. The van der Waals surface area contributed by atoms with Gasteiger partial charge in [0.05, 0.1) is 0 Å². The third-order valence-corrected chi connectivity index (χ3v) is 4.52. The maximum atomic E-state index is 4.47. The van der Waals surface area contributed by atoms with E-state index in [4.69, 9.17) is 0 Å². The van der Waals surface area contributed by atoms with Crippen molar-refractivity contribution in [2.24, 2.45) is 7.05 Å². The van der Waals surface area contributed by atoms with Crippen LogP contribution in [-0.4, -0.2) is 22.6 Å². The standard InChI is InChI=1S/C18H27N3/c1-4-18(15-19-5-2,16-9-7-6-8-10-16)12-11-17-20-13-14-21(17)3/h6-10,13-14,19H,4-5,11-12,15H2,1-3H3. The van der Waals surface area contributed by atoms with Crippen LogP contribution in [0.5, 0.6) is 0 Å². The van der Waals surface area contributed by atoms with Gasteiger partial charge in [-0.25, -0.2) is 4.98 Å². The van der Waals surface area contributed by atoms with Crippen LogP contribution in [0.15, 0.2) is 42.7 Å². The zero-order valence-corrected chi connectivity index (χ0v) is 13.5. The molecule has 1 atom stereocenters. The second kappa shape index (κ2) is 7.41. The fraction of sp³-hybridized carbons (Fsp3) is 0.500. The number of rotatable bonds is 8. The van der Waals surface area contributed by atoms with E-state index in [9.17, 15) is 0 Å². The summed E-state index contributed by atoms with van der Waals surface area (Å²) in [6, 6.07) is 10.9. The molecule has 3 nitrogen and oxygen atoms in total. The average Bonchev–Trinajstić information content (AvgIpc) is 2.94. The summed E-state index contributed by atoms with van der Waals surface area (Å²) in [5, 5.41) is 3.56. The first-order valence-corrected chi connectivity index (χ1v) is 7.94. The Bertz CT molecular complexity index is 532. The molecule has 3 heteroatoms. The van der Waals surface area contributed by atoms with Crippen LogP contribution in [-0.2, 0) is 18.9 Å². The van der Waals surface area contributed by atoms with E-state index in [1.165, 1.54) is 11.4 Å². The van der Waals surface area contributed by atoms with Crippen LogP contribution < -0.4 is 5.32 Å². The van der Waals surface area contributed by atoms with Crippen molar-refractivity contribution in [1.82, 2.24) is 14.9 Å². The lowest BCUT2D eigenvalue weighted by molar-refractivity contribution is 0.354. The first-order chi connectivity index (χ1) is 10.2. The van der Waals surface area contributed by atoms with Crippen LogP contribution in [0.25, 0.3) is 0 Å². The van der Waals surface area contributed by atoms with E-state index in [1.54, 1.807) is 0 Å². The first kappa shape index (κ1) is 15.8. The van der Waals surface area contributed by atoms with Gasteiger partial charge in [0, 0.05) is 37.8 Å². The molecule has 0 saturated carbocycles. The Kier molecular flexibility index (Phi) is 5.57. The molecule has 1 N–H and O–H groups in total. The summed E-state index contributed by atoms with van der Waals surface area (Å²) in [6.07, 6.45) is 7.17. The number of nitrogens with one attached hydrogen (secondary N) is 1. The van der Waals surface area contributed by atoms with Gasteiger partial charge in [-0.1, -0.05) is 44.2 Å². The smallest absolute Gasteiger partial charge is 0.108 e. The van der Waals surface area contributed by atoms with Gasteiger partial charge < -0.3 is 9.88 Å². The molecule has 0 aliphatic heterocycles. The summed E-state index contributed by atoms with van der Waals surface area (Å²) in [5.41, 5.74) is 1.62. The van der Waals surface area contributed by atoms with Gasteiger partial charge in [0.1, 0.15) is 5.82 Å². The molecule has 2 aromatic rings. The van der Waals surface area contributed by atoms with Gasteiger partial charge in [0.15, 0.2) is 0 Å². The van der Waals surface area contributed by atoms with E-state index >= 15 is 0 Å². The molecule has 1 unspecified atom stereocenters. The number of likely N-dealkylation sites (N-methyl/N-ethyl adjacent to an activating group) is 1. The monoisotopic (exact) mass is 285 g/mol. The van der Waals surface area contributed by atoms with E-state index in [0.29, 0.717) is 0 Å². The molecule has 114 valence electrons. The van der Waals surface area contributed by atoms with Gasteiger partial charge in [0.2, 0.25) is 0 Å². The molecule has 0 saturated heterocycles. The van der Waals surface area contributed by atoms with Crippen molar-refractivity contribution < 1.29 is 0 Å². The number of aromatic nitrogens is 2. The van der Waals surface area contributed by atoms with Gasteiger partial charge >= 0.3 is 0 Å². The highest BCUT2D eigenvalue weighted by molar-refractivity contribution is 5.26. The van der Waals surface area contributed by atoms with Crippen LogP contribution in [0.4, 0.5) is 0 Å². The Balaban J connectivity index is 2.20. The largest absolute Gasteiger partial charge is 0.338 e. The lowest BCUT2D eigenvalue weighted by atomic mass is 9.74. The third-order valence-electron chi connectivity index (χ3n) is 4.52. The molecule has 0 fully saturated rings. The van der Waals surface area contributed by atoms with Crippen LogP contribution in [0, 0.1) is 0 Å². The summed E-state index contributed by atoms with van der Waals surface area (Å²) < 4.78 is 2.12. The van der Waals surface area contributed by atoms with Crippen LogP contribution in [0.2, 0.25) is 0 Å². The topological polar surface area (TPSA) is 29.9 Å². The Labute approximate surface area is 128 Å². The Morgan fingerprint density at radius 2 is 1.95 bits per heavy atom. The van der Waals surface area contributed by atoms with Crippen molar-refractivity contribution in [1.29, 1.82) is 0 Å². The van der Waals surface area contributed by atoms with E-state index in [1.807, 2.05) is 12.4 Å². The van der Waals surface area contributed by atoms with Gasteiger partial charge in [-0.3, -0.25) is 0 Å². The summed E-state index contributed by atoms with van der Waals surface area (Å²) >= 11 is 0. The molecule has 0 amide bonds. The zero-order valence-electron chi connectivity index (χ0n) is 13.5. The maximum Gasteiger partial charge on any atom is 0.108 e. The molecular formula is C18H27N3. The molecule has 1 aromatic heterocycles. The number of aryl methyl sites for hydroxylation is 2. The predicted molar refractivity (Wildman–Crippen MR) is 88.5 cm³/mol. The number of benzene rings is 1. The Morgan fingerprint density at radius 3 is 2.52 bits per heavy atom. The molecule has 1 aromatic carbocycles. The minimum atomic E-state index is 0.184. The molecule has 2 rings (SSSR count). The summed E-state index contributed by atoms with van der Waals surface area (Å²) in [6.45, 7) is 6.50. The van der Waals surface area contributed by atoms with Crippen molar-refractivity contribution in [3.63, 3.8) is 0 Å². The quantitative estimate of drug-likeness (QED) is 0.806. The molecule has 0 aliphatic carbocycles. The highest BCUT2D eigenvalue weighted by Gasteiger charge is 2.29. The fourth-order valence-electron chi connectivity index (χ4n) is 2.99. The minimum Gasteiger partial charge on any atom is -0.338 e. The van der Waals surface area contributed by atoms with E-state index < -0.39 is 0 Å². The normalized spacial score (nSPS) is 14.0. The number of imidazole rings is 1. The van der Waals surface area contributed by atoms with Crippen LogP contribution in [0.1, 0.15) is 38.1 Å². The average molecular weight is 285 g/mol. The molecule has 1 heterocycles. The van der Waals surface area contributed by atoms with Crippen molar-refractivity contribution in [3.8, 4) is 0 Å². The first-order valence-electron chi connectivity index (χ1n) is 7.94. The van der Waals surface area contributed by atoms with Crippen LogP contribution >= 0.6 is 0 Å².